The second kappa shape index (κ2) is 10.4. The maximum Gasteiger partial charge on any atom is 1.00 e. The molecular weight excluding hydrogens is 298 g/mol. The van der Waals surface area contributed by atoms with Crippen molar-refractivity contribution in [2.75, 3.05) is 0 Å². The summed E-state index contributed by atoms with van der Waals surface area (Å²) in [4.78, 5) is 33.6. The average Bonchev–Trinajstić information content (AvgIpc) is 2.37. The molecule has 0 aromatic heterocycles. The number of benzene rings is 1. The Bertz CT molecular complexity index is 529. The molecule has 1 unspecified atom stereocenters. The first-order chi connectivity index (χ1) is 8.88. The van der Waals surface area contributed by atoms with Crippen molar-refractivity contribution in [1.82, 2.24) is 0 Å². The summed E-state index contributed by atoms with van der Waals surface area (Å²) in [6.45, 7) is 3.42. The molecule has 1 atom stereocenters. The van der Waals surface area contributed by atoms with Crippen LogP contribution in [0.25, 0.3) is 0 Å². The normalized spacial score (nSPS) is 10.6. The van der Waals surface area contributed by atoms with Crippen LogP contribution in [0.4, 0.5) is 0 Å². The van der Waals surface area contributed by atoms with Crippen LogP contribution in [0.2, 0.25) is 0 Å². The van der Waals surface area contributed by atoms with Crippen LogP contribution in [0.3, 0.4) is 0 Å². The molecule has 0 aliphatic rings. The zero-order chi connectivity index (χ0) is 14.6. The molecule has 21 heavy (non-hydrogen) atoms. The van der Waals surface area contributed by atoms with E-state index in [1.165, 1.54) is 12.1 Å². The molecule has 0 radical (unpaired) electrons. The molecule has 8 heteroatoms. The Morgan fingerprint density at radius 3 is 2.05 bits per heavy atom. The van der Waals surface area contributed by atoms with E-state index in [2.05, 4.69) is 0 Å². The van der Waals surface area contributed by atoms with Crippen molar-refractivity contribution in [3.8, 4) is 0 Å². The van der Waals surface area contributed by atoms with E-state index in [0.29, 0.717) is 6.42 Å². The number of hydrogen-bond donors (Lipinski definition) is 0. The summed E-state index contributed by atoms with van der Waals surface area (Å²) in [7, 11) is 0. The Morgan fingerprint density at radius 1 is 1.10 bits per heavy atom. The van der Waals surface area contributed by atoms with Gasteiger partial charge < -0.3 is 24.5 Å². The summed E-state index contributed by atoms with van der Waals surface area (Å²) >= 11 is 0. The van der Waals surface area contributed by atoms with Crippen LogP contribution in [0.15, 0.2) is 18.2 Å². The topological polar surface area (TPSA) is 107 Å². The largest absolute Gasteiger partial charge is 1.00 e. The molecule has 0 bridgehead atoms. The number of ether oxygens (including phenoxy) is 1. The molecule has 0 aliphatic carbocycles. The summed E-state index contributed by atoms with van der Waals surface area (Å²) in [5.74, 6) is -4.37. The third-order valence-corrected chi connectivity index (χ3v) is 2.59. The van der Waals surface area contributed by atoms with Crippen LogP contribution in [0.1, 0.15) is 51.3 Å². The minimum absolute atomic E-state index is 0. The van der Waals surface area contributed by atoms with Crippen molar-refractivity contribution in [1.29, 1.82) is 0 Å². The van der Waals surface area contributed by atoms with Crippen LogP contribution in [-0.2, 0) is 4.74 Å². The van der Waals surface area contributed by atoms with Crippen molar-refractivity contribution >= 4 is 17.9 Å². The quantitative estimate of drug-likeness (QED) is 0.395. The van der Waals surface area contributed by atoms with Crippen molar-refractivity contribution in [2.24, 2.45) is 0 Å². The Labute approximate surface area is 166 Å². The fourth-order valence-corrected chi connectivity index (χ4v) is 1.44. The number of carbonyl (C=O) groups is 3. The van der Waals surface area contributed by atoms with E-state index in [4.69, 9.17) is 4.74 Å². The first-order valence-corrected chi connectivity index (χ1v) is 5.65. The van der Waals surface area contributed by atoms with Crippen molar-refractivity contribution < 1.29 is 88.4 Å². The van der Waals surface area contributed by atoms with Crippen molar-refractivity contribution in [3.63, 3.8) is 0 Å². The first kappa shape index (κ1) is 22.9. The van der Waals surface area contributed by atoms with Gasteiger partial charge >= 0.3 is 65.1 Å². The Morgan fingerprint density at radius 2 is 1.62 bits per heavy atom. The second-order valence-electron chi connectivity index (χ2n) is 3.93. The number of carboxylic acids is 2. The summed E-state index contributed by atoms with van der Waals surface area (Å²) in [6.07, 6.45) is 0.140. The second-order valence-corrected chi connectivity index (χ2v) is 3.93. The smallest absolute Gasteiger partial charge is 0.545 e. The number of aromatic carboxylic acids is 2. The van der Waals surface area contributed by atoms with Gasteiger partial charge in [-0.1, -0.05) is 19.1 Å². The molecule has 0 spiro atoms. The first-order valence-electron chi connectivity index (χ1n) is 5.65. The Kier molecular flexibility index (Phi) is 11.3. The predicted octanol–water partition coefficient (Wildman–Crippen LogP) is -6.62. The molecule has 0 amide bonds. The fraction of sp³-hybridized carbons (Fsp3) is 0.308. The molecule has 102 valence electrons. The SMILES string of the molecule is CCC(C)OC(=O)c1cccc(C(=O)[O-])c1C(=O)[O-].[Na+].[Na+]. The van der Waals surface area contributed by atoms with Gasteiger partial charge in [0, 0.05) is 11.1 Å². The zero-order valence-corrected chi connectivity index (χ0v) is 16.5. The number of esters is 1. The third-order valence-electron chi connectivity index (χ3n) is 2.59. The van der Waals surface area contributed by atoms with Gasteiger partial charge in [0.05, 0.1) is 23.6 Å². The fourth-order valence-electron chi connectivity index (χ4n) is 1.44. The van der Waals surface area contributed by atoms with E-state index in [1.54, 1.807) is 13.8 Å². The van der Waals surface area contributed by atoms with E-state index < -0.39 is 35.1 Å². The van der Waals surface area contributed by atoms with Crippen molar-refractivity contribution in [3.05, 3.63) is 34.9 Å². The van der Waals surface area contributed by atoms with Crippen LogP contribution in [0.5, 0.6) is 0 Å². The van der Waals surface area contributed by atoms with E-state index in [0.717, 1.165) is 6.07 Å². The molecule has 0 N–H and O–H groups in total. The van der Waals surface area contributed by atoms with Gasteiger partial charge in [-0.05, 0) is 19.4 Å². The minimum Gasteiger partial charge on any atom is -0.545 e. The average molecular weight is 310 g/mol. The number of rotatable bonds is 5. The van der Waals surface area contributed by atoms with Gasteiger partial charge in [0.15, 0.2) is 0 Å². The summed E-state index contributed by atoms with van der Waals surface area (Å²) in [6, 6.07) is 3.44. The van der Waals surface area contributed by atoms with E-state index in [9.17, 15) is 24.6 Å². The minimum atomic E-state index is -1.77. The standard InChI is InChI=1S/C13H14O6.2Na/c1-3-7(2)19-13(18)9-6-4-5-8(11(14)15)10(9)12(16)17;;/h4-7H,3H2,1-2H3,(H,14,15)(H,16,17);;/q;2*+1/p-2. The third kappa shape index (κ3) is 6.10. The van der Waals surface area contributed by atoms with E-state index >= 15 is 0 Å². The van der Waals surface area contributed by atoms with Gasteiger partial charge in [0.1, 0.15) is 0 Å². The monoisotopic (exact) mass is 310 g/mol. The van der Waals surface area contributed by atoms with Crippen molar-refractivity contribution in [2.45, 2.75) is 26.4 Å². The van der Waals surface area contributed by atoms with Gasteiger partial charge in [-0.3, -0.25) is 0 Å². The van der Waals surface area contributed by atoms with Crippen LogP contribution >= 0.6 is 0 Å². The molecule has 0 saturated heterocycles. The molecule has 0 saturated carbocycles. The van der Waals surface area contributed by atoms with Gasteiger partial charge in [0.25, 0.3) is 0 Å². The van der Waals surface area contributed by atoms with Gasteiger partial charge in [-0.25, -0.2) is 4.79 Å². The molecule has 0 heterocycles. The van der Waals surface area contributed by atoms with Crippen LogP contribution in [0, 0.1) is 0 Å². The Balaban J connectivity index is 0. The van der Waals surface area contributed by atoms with E-state index in [1.807, 2.05) is 0 Å². The van der Waals surface area contributed by atoms with Crippen LogP contribution in [-0.4, -0.2) is 24.0 Å². The van der Waals surface area contributed by atoms with Gasteiger partial charge in [-0.2, -0.15) is 0 Å². The molecule has 1 aromatic carbocycles. The van der Waals surface area contributed by atoms with E-state index in [-0.39, 0.29) is 64.7 Å². The maximum absolute atomic E-state index is 11.8. The zero-order valence-electron chi connectivity index (χ0n) is 12.5. The number of hydrogen-bond acceptors (Lipinski definition) is 6. The van der Waals surface area contributed by atoms with Gasteiger partial charge in [-0.15, -0.1) is 0 Å². The number of carbonyl (C=O) groups excluding carboxylic acids is 3. The summed E-state index contributed by atoms with van der Waals surface area (Å²) < 4.78 is 4.97. The Hall–Kier alpha value is -0.370. The maximum atomic E-state index is 11.8. The molecule has 0 aliphatic heterocycles. The molecule has 1 aromatic rings. The predicted molar refractivity (Wildman–Crippen MR) is 60.3 cm³/mol. The number of carboxylic acid groups (broad SMARTS) is 2. The molecule has 0 fully saturated rings. The molecule has 6 nitrogen and oxygen atoms in total. The molecule has 1 rings (SSSR count). The summed E-state index contributed by atoms with van der Waals surface area (Å²) in [5, 5.41) is 21.8. The van der Waals surface area contributed by atoms with Gasteiger partial charge in [0.2, 0.25) is 0 Å². The van der Waals surface area contributed by atoms with Crippen LogP contribution < -0.4 is 69.3 Å². The summed E-state index contributed by atoms with van der Waals surface area (Å²) in [5.41, 5.74) is -1.70. The molecular formula is C13H12Na2O6.